The molecule has 0 aliphatic carbocycles. The summed E-state index contributed by atoms with van der Waals surface area (Å²) in [6.45, 7) is 4.89. The Balaban J connectivity index is 1.35. The van der Waals surface area contributed by atoms with Crippen LogP contribution in [0, 0.1) is 18.3 Å². The van der Waals surface area contributed by atoms with Crippen LogP contribution in [0.25, 0.3) is 0 Å². The van der Waals surface area contributed by atoms with Crippen molar-refractivity contribution in [2.24, 2.45) is 0 Å². The fourth-order valence-electron chi connectivity index (χ4n) is 5.77. The summed E-state index contributed by atoms with van der Waals surface area (Å²) in [6, 6.07) is 14.7. The van der Waals surface area contributed by atoms with Crippen molar-refractivity contribution in [3.05, 3.63) is 64.7 Å². The van der Waals surface area contributed by atoms with Crippen LogP contribution in [0.3, 0.4) is 0 Å². The number of nitriles is 1. The van der Waals surface area contributed by atoms with E-state index in [0.717, 1.165) is 24.0 Å². The number of ether oxygens (including phenoxy) is 1. The molecule has 2 aromatic rings. The van der Waals surface area contributed by atoms with Gasteiger partial charge in [0.05, 0.1) is 17.7 Å². The minimum Gasteiger partial charge on any atom is -0.339 e. The summed E-state index contributed by atoms with van der Waals surface area (Å²) in [5.41, 5.74) is 2.24. The number of rotatable bonds is 2. The van der Waals surface area contributed by atoms with E-state index in [2.05, 4.69) is 12.1 Å². The van der Waals surface area contributed by atoms with Gasteiger partial charge in [-0.05, 0) is 50.5 Å². The van der Waals surface area contributed by atoms with Gasteiger partial charge in [0.25, 0.3) is 11.8 Å². The van der Waals surface area contributed by atoms with E-state index in [1.807, 2.05) is 30.9 Å². The highest BCUT2D eigenvalue weighted by Gasteiger charge is 2.63. The van der Waals surface area contributed by atoms with Gasteiger partial charge in [-0.15, -0.1) is 0 Å². The summed E-state index contributed by atoms with van der Waals surface area (Å²) in [7, 11) is 6.09. The molecule has 2 atom stereocenters. The second kappa shape index (κ2) is 7.74. The molecule has 0 saturated carbocycles. The molecule has 1 spiro atoms. The number of hydrogen-bond donors (Lipinski definition) is 0. The Morgan fingerprint density at radius 1 is 1.18 bits per heavy atom. The molecule has 7 heteroatoms. The Bertz CT molecular complexity index is 1160. The third kappa shape index (κ3) is 3.53. The zero-order valence-electron chi connectivity index (χ0n) is 19.0. The minimum absolute atomic E-state index is 0.0196. The van der Waals surface area contributed by atoms with Crippen LogP contribution in [0.5, 0.6) is 0 Å². The predicted molar refractivity (Wildman–Crippen MR) is 124 cm³/mol. The molecule has 2 amide bonds. The number of fused-ring (bicyclic) bond motifs is 1. The zero-order valence-corrected chi connectivity index (χ0v) is 19.0. The maximum atomic E-state index is 13.8. The Labute approximate surface area is 195 Å². The molecule has 6 nitrogen and oxygen atoms in total. The lowest BCUT2D eigenvalue weighted by Crippen LogP contribution is -2.51. The first kappa shape index (κ1) is 21.7. The van der Waals surface area contributed by atoms with Crippen LogP contribution in [0.15, 0.2) is 42.5 Å². The molecule has 3 aliphatic rings. The number of hydrogen-bond acceptors (Lipinski definition) is 4. The Morgan fingerprint density at radius 2 is 1.94 bits per heavy atom. The summed E-state index contributed by atoms with van der Waals surface area (Å²) in [5.74, 6) is -0.0987. The van der Waals surface area contributed by atoms with E-state index in [0.29, 0.717) is 42.5 Å². The van der Waals surface area contributed by atoms with E-state index in [1.165, 1.54) is 0 Å². The van der Waals surface area contributed by atoms with Gasteiger partial charge in [-0.1, -0.05) is 35.3 Å². The lowest BCUT2D eigenvalue weighted by Gasteiger charge is -2.38. The quantitative estimate of drug-likeness (QED) is 0.675. The number of benzene rings is 2. The molecule has 3 saturated heterocycles. The molecule has 166 valence electrons. The highest BCUT2D eigenvalue weighted by molar-refractivity contribution is 6.32. The molecule has 2 aromatic carbocycles. The van der Waals surface area contributed by atoms with E-state index in [4.69, 9.17) is 17.8 Å². The van der Waals surface area contributed by atoms with Crippen molar-refractivity contribution in [3.63, 3.8) is 0 Å². The molecular weight excluding hydrogens is 413 g/mol. The lowest BCUT2D eigenvalue weighted by molar-refractivity contribution is -0.148. The van der Waals surface area contributed by atoms with Gasteiger partial charge in [0, 0.05) is 31.5 Å². The van der Waals surface area contributed by atoms with Crippen molar-refractivity contribution in [1.82, 2.24) is 9.80 Å². The third-order valence-corrected chi connectivity index (χ3v) is 7.33. The maximum Gasteiger partial charge on any atom is 0.257 e. The molecule has 3 aliphatic heterocycles. The Morgan fingerprint density at radius 3 is 2.64 bits per heavy atom. The highest BCUT2D eigenvalue weighted by Crippen LogP contribution is 2.53. The van der Waals surface area contributed by atoms with Crippen molar-refractivity contribution < 1.29 is 14.3 Å². The summed E-state index contributed by atoms with van der Waals surface area (Å²) in [4.78, 5) is 30.4. The van der Waals surface area contributed by atoms with Crippen LogP contribution in [-0.4, -0.2) is 53.9 Å². The summed E-state index contributed by atoms with van der Waals surface area (Å²) < 4.78 is 6.56. The van der Waals surface area contributed by atoms with Crippen molar-refractivity contribution in [2.45, 2.75) is 56.9 Å². The number of carbonyl (C=O) groups is 2. The second-order valence-corrected chi connectivity index (χ2v) is 9.66. The largest absolute Gasteiger partial charge is 0.339 e. The van der Waals surface area contributed by atoms with Gasteiger partial charge in [-0.25, -0.2) is 0 Å². The molecule has 5 rings (SSSR count). The topological polar surface area (TPSA) is 73.6 Å². The maximum absolute atomic E-state index is 13.8. The zero-order chi connectivity index (χ0) is 23.4. The monoisotopic (exact) mass is 439 g/mol. The van der Waals surface area contributed by atoms with Gasteiger partial charge in [-0.3, -0.25) is 9.59 Å². The number of piperidine rings is 1. The average Bonchev–Trinajstić information content (AvgIpc) is 3.23. The van der Waals surface area contributed by atoms with Crippen molar-refractivity contribution in [1.29, 1.82) is 5.26 Å². The molecular formula is C26H26BN3O3. The fraction of sp³-hybridized carbons (Fsp3) is 0.423. The smallest absolute Gasteiger partial charge is 0.257 e. The standard InChI is InChI=1S/C26H26BN3O3/c1-17-12-20(15-21(27)13-17)22-6-7-25(2)30(22)24(32)26(33-25)8-10-29(11-9-26)23(31)19-5-3-4-18(14-19)16-28/h3-5,12-15,22H,6-11H2,1-2H3. The van der Waals surface area contributed by atoms with Crippen molar-refractivity contribution in [2.75, 3.05) is 13.1 Å². The van der Waals surface area contributed by atoms with E-state index in [-0.39, 0.29) is 17.9 Å². The van der Waals surface area contributed by atoms with E-state index >= 15 is 0 Å². The number of amides is 2. The van der Waals surface area contributed by atoms with Crippen LogP contribution in [0.4, 0.5) is 0 Å². The van der Waals surface area contributed by atoms with Crippen LogP contribution >= 0.6 is 0 Å². The summed E-state index contributed by atoms with van der Waals surface area (Å²) in [5, 5.41) is 9.12. The van der Waals surface area contributed by atoms with Crippen LogP contribution in [0.1, 0.15) is 65.7 Å². The molecule has 33 heavy (non-hydrogen) atoms. The molecule has 2 radical (unpaired) electrons. The lowest BCUT2D eigenvalue weighted by atomic mass is 9.87. The molecule has 0 N–H and O–H groups in total. The van der Waals surface area contributed by atoms with Crippen molar-refractivity contribution in [3.8, 4) is 6.07 Å². The molecule has 0 bridgehead atoms. The van der Waals surface area contributed by atoms with Gasteiger partial charge in [0.1, 0.15) is 13.6 Å². The molecule has 2 unspecified atom stereocenters. The first-order valence-corrected chi connectivity index (χ1v) is 11.5. The number of aryl methyl sites for hydroxylation is 1. The summed E-state index contributed by atoms with van der Waals surface area (Å²) >= 11 is 0. The van der Waals surface area contributed by atoms with Crippen LogP contribution in [0.2, 0.25) is 0 Å². The number of nitrogens with zero attached hydrogens (tertiary/aromatic N) is 3. The van der Waals surface area contributed by atoms with Crippen molar-refractivity contribution >= 4 is 25.1 Å². The van der Waals surface area contributed by atoms with Gasteiger partial charge < -0.3 is 14.5 Å². The molecule has 3 fully saturated rings. The van der Waals surface area contributed by atoms with Crippen LogP contribution < -0.4 is 5.46 Å². The average molecular weight is 439 g/mol. The normalized spacial score (nSPS) is 25.8. The minimum atomic E-state index is -0.895. The predicted octanol–water partition coefficient (Wildman–Crippen LogP) is 2.75. The molecule has 0 aromatic heterocycles. The number of carbonyl (C=O) groups excluding carboxylic acids is 2. The van der Waals surface area contributed by atoms with Crippen LogP contribution in [-0.2, 0) is 9.53 Å². The van der Waals surface area contributed by atoms with Gasteiger partial charge >= 0.3 is 0 Å². The van der Waals surface area contributed by atoms with Gasteiger partial charge in [0.2, 0.25) is 0 Å². The SMILES string of the molecule is [B]c1cc(C)cc(C2CCC3(C)OC4(CCN(C(=O)c5cccc(C#N)c5)CC4)C(=O)N23)c1. The van der Waals surface area contributed by atoms with E-state index in [9.17, 15) is 9.59 Å². The van der Waals surface area contributed by atoms with E-state index < -0.39 is 11.3 Å². The summed E-state index contributed by atoms with van der Waals surface area (Å²) in [6.07, 6.45) is 2.53. The fourth-order valence-corrected chi connectivity index (χ4v) is 5.77. The highest BCUT2D eigenvalue weighted by atomic mass is 16.6. The first-order chi connectivity index (χ1) is 15.7. The Hall–Kier alpha value is -3.11. The third-order valence-electron chi connectivity index (χ3n) is 7.33. The number of likely N-dealkylation sites (tertiary alicyclic amines) is 1. The first-order valence-electron chi connectivity index (χ1n) is 11.5. The van der Waals surface area contributed by atoms with Gasteiger partial charge in [-0.2, -0.15) is 5.26 Å². The second-order valence-electron chi connectivity index (χ2n) is 9.66. The van der Waals surface area contributed by atoms with Gasteiger partial charge in [0.15, 0.2) is 5.60 Å². The Kier molecular flexibility index (Phi) is 5.10. The molecule has 3 heterocycles. The van der Waals surface area contributed by atoms with E-state index in [1.54, 1.807) is 29.2 Å².